The van der Waals surface area contributed by atoms with Crippen LogP contribution < -0.4 is 34.6 Å². The second kappa shape index (κ2) is 43.5. The third-order valence-corrected chi connectivity index (χ3v) is 13.0. The number of likely N-dealkylation sites (N-methyl/N-ethyl adjacent to an activating group) is 4. The van der Waals surface area contributed by atoms with Crippen LogP contribution >= 0.6 is 7.82 Å². The predicted molar refractivity (Wildman–Crippen MR) is 311 cm³/mol. The number of ether oxygens (including phenoxy) is 6. The van der Waals surface area contributed by atoms with Gasteiger partial charge in [-0.15, -0.1) is 0 Å². The SMILES string of the molecule is C/C=C/C[C@@H](C)[C@@H](OC(=O)CN(C)C(=O)[C@H](CCCC[N+](C)(C)C)NC(=O)OC(C)OC(C)=O)[C@@H](C(C)=O)N(C)CCC.C/C=C/C[C@@H](C)[C@@H](OC(=O)CN(C)C(=O)[C@H](COP(=O)(O)O)NC(=O)OC(C)OC(C)=O)[C@@H](C(C)=O)N(C)CCC.[I-]. The molecule has 0 spiro atoms. The monoisotopic (exact) mass is 1350 g/mol. The van der Waals surface area contributed by atoms with Crippen molar-refractivity contribution in [3.05, 3.63) is 24.3 Å². The summed E-state index contributed by atoms with van der Waals surface area (Å²) in [7, 11) is 7.41. The lowest BCUT2D eigenvalue weighted by Crippen LogP contribution is -3.00. The van der Waals surface area contributed by atoms with Gasteiger partial charge in [-0.05, 0) is 112 Å². The molecule has 0 aliphatic carbocycles. The van der Waals surface area contributed by atoms with Crippen molar-refractivity contribution >= 4 is 67.3 Å². The van der Waals surface area contributed by atoms with Gasteiger partial charge in [-0.1, -0.05) is 52.0 Å². The molecule has 29 heteroatoms. The van der Waals surface area contributed by atoms with Crippen molar-refractivity contribution < 1.29 is 124 Å². The summed E-state index contributed by atoms with van der Waals surface area (Å²) in [4.78, 5) is 149. The van der Waals surface area contributed by atoms with Gasteiger partial charge in [0.05, 0.1) is 34.3 Å². The fourth-order valence-electron chi connectivity index (χ4n) is 8.68. The number of phosphoric acid groups is 1. The first-order valence-corrected chi connectivity index (χ1v) is 29.7. The number of carbonyl (C=O) groups is 10. The Kier molecular flexibility index (Phi) is 43.1. The lowest BCUT2D eigenvalue weighted by Gasteiger charge is -2.36. The largest absolute Gasteiger partial charge is 1.00 e. The number of rotatable bonds is 38. The van der Waals surface area contributed by atoms with Gasteiger partial charge >= 0.3 is 43.9 Å². The van der Waals surface area contributed by atoms with Crippen LogP contribution in [0.2, 0.25) is 0 Å². The van der Waals surface area contributed by atoms with Crippen LogP contribution in [0, 0.1) is 11.8 Å². The summed E-state index contributed by atoms with van der Waals surface area (Å²) in [6.07, 6.45) is 5.86. The van der Waals surface area contributed by atoms with Gasteiger partial charge in [-0.25, -0.2) is 14.2 Å². The van der Waals surface area contributed by atoms with Gasteiger partial charge in [0, 0.05) is 41.8 Å². The quantitative estimate of drug-likeness (QED) is 0.00995. The Bertz CT molecular complexity index is 2210. The van der Waals surface area contributed by atoms with Gasteiger partial charge in [-0.3, -0.25) is 52.7 Å². The Balaban J connectivity index is -0.00000157. The molecular formula is C56H101IN7O20P. The van der Waals surface area contributed by atoms with Crippen molar-refractivity contribution in [2.45, 2.75) is 177 Å². The van der Waals surface area contributed by atoms with E-state index in [0.29, 0.717) is 38.8 Å². The maximum Gasteiger partial charge on any atom is 0.469 e. The zero-order chi connectivity index (χ0) is 65.2. The lowest BCUT2D eigenvalue weighted by molar-refractivity contribution is -0.870. The number of ketones is 2. The Hall–Kier alpha value is -5.10. The first kappa shape index (κ1) is 84.1. The minimum atomic E-state index is -5.05. The van der Waals surface area contributed by atoms with Crippen LogP contribution in [0.1, 0.15) is 128 Å². The molecule has 0 saturated carbocycles. The number of alkyl carbamates (subject to hydrolysis) is 2. The fraction of sp³-hybridized carbons (Fsp3) is 0.750. The molecule has 0 aliphatic heterocycles. The summed E-state index contributed by atoms with van der Waals surface area (Å²) in [6, 6.07) is -4.05. The number of phosphoric ester groups is 1. The van der Waals surface area contributed by atoms with Gasteiger partial charge in [0.2, 0.25) is 24.4 Å². The molecule has 492 valence electrons. The minimum Gasteiger partial charge on any atom is -1.00 e. The van der Waals surface area contributed by atoms with Crippen LogP contribution in [-0.4, -0.2) is 231 Å². The van der Waals surface area contributed by atoms with E-state index in [1.807, 2.05) is 82.7 Å². The van der Waals surface area contributed by atoms with E-state index in [2.05, 4.69) is 41.0 Å². The van der Waals surface area contributed by atoms with Gasteiger partial charge in [-0.2, -0.15) is 0 Å². The third kappa shape index (κ3) is 37.9. The number of nitrogens with one attached hydrogen (secondary N) is 2. The topological polar surface area (TPSA) is 330 Å². The number of unbranched alkanes of at least 4 members (excludes halogenated alkanes) is 1. The highest BCUT2D eigenvalue weighted by atomic mass is 127. The highest BCUT2D eigenvalue weighted by Crippen LogP contribution is 2.35. The summed E-state index contributed by atoms with van der Waals surface area (Å²) in [5, 5.41) is 4.63. The van der Waals surface area contributed by atoms with E-state index >= 15 is 0 Å². The number of quaternary nitrogens is 1. The van der Waals surface area contributed by atoms with E-state index in [0.717, 1.165) is 42.1 Å². The van der Waals surface area contributed by atoms with E-state index in [-0.39, 0.29) is 53.9 Å². The molecule has 4 amide bonds. The molecule has 0 aromatic rings. The number of nitrogens with zero attached hydrogens (tertiary/aromatic N) is 5. The molecule has 0 radical (unpaired) electrons. The van der Waals surface area contributed by atoms with Crippen molar-refractivity contribution in [2.24, 2.45) is 11.8 Å². The summed E-state index contributed by atoms with van der Waals surface area (Å²) in [6.45, 7) is 19.4. The molecule has 0 aromatic heterocycles. The van der Waals surface area contributed by atoms with Gasteiger partial charge in [0.1, 0.15) is 49.5 Å². The van der Waals surface area contributed by atoms with Crippen LogP contribution in [0.3, 0.4) is 0 Å². The van der Waals surface area contributed by atoms with E-state index in [1.165, 1.54) is 53.6 Å². The molecule has 0 bridgehead atoms. The number of esters is 4. The standard InChI is InChI=1S/C31H56N4O8.C25H44N3O12P.HI/c1-12-14-17-22(3)29(28(23(4)36)33(7)19-13-2)43-27(38)21-34(8)30(39)26(18-15-16-20-35(9,10)11)32-31(40)42-25(6)41-24(5)37;1-9-11-12-16(3)23(22(17(4)29)27(7)13-10-2)40-21(31)14-28(8)24(32)20(15-37-41(34,35)36)26-25(33)39-19(6)38-18(5)30;/h12,14,22,25-26,28-29H,13,15-21H2,1-11H3;9,11,16,19-20,22-23H,10,12-15H2,1-8H3,(H,26,33)(H2,34,35,36);1H/b14-12+;11-9+;/t22-,25?,26+,28-,29-;16-,19?,20+,22-,23-;/m11./s1. The maximum atomic E-state index is 13.5. The average molecular weight is 1350 g/mol. The smallest absolute Gasteiger partial charge is 0.469 e. The van der Waals surface area contributed by atoms with Gasteiger partial charge in [0.15, 0.2) is 11.6 Å². The number of halogens is 1. The second-order valence-corrected chi connectivity index (χ2v) is 23.0. The Morgan fingerprint density at radius 1 is 0.576 bits per heavy atom. The second-order valence-electron chi connectivity index (χ2n) is 21.8. The molecule has 2 unspecified atom stereocenters. The molecule has 27 nitrogen and oxygen atoms in total. The number of allylic oxidation sites excluding steroid dienone is 4. The Morgan fingerprint density at radius 3 is 1.26 bits per heavy atom. The summed E-state index contributed by atoms with van der Waals surface area (Å²) < 4.78 is 47.3. The van der Waals surface area contributed by atoms with Gasteiger partial charge < -0.3 is 87.1 Å². The molecule has 4 N–H and O–H groups in total. The van der Waals surface area contributed by atoms with Crippen molar-refractivity contribution in [3.63, 3.8) is 0 Å². The predicted octanol–water partition coefficient (Wildman–Crippen LogP) is 1.51. The fourth-order valence-corrected chi connectivity index (χ4v) is 9.03. The maximum absolute atomic E-state index is 13.5. The number of hydrogen-bond donors (Lipinski definition) is 4. The molecular weight excluding hydrogens is 1250 g/mol. The van der Waals surface area contributed by atoms with E-state index in [4.69, 9.17) is 33.5 Å². The first-order valence-electron chi connectivity index (χ1n) is 28.2. The summed E-state index contributed by atoms with van der Waals surface area (Å²) in [5.74, 6) is -5.05. The van der Waals surface area contributed by atoms with Gasteiger partial charge in [0.25, 0.3) is 0 Å². The molecule has 0 saturated heterocycles. The van der Waals surface area contributed by atoms with E-state index in [1.54, 1.807) is 7.05 Å². The molecule has 85 heavy (non-hydrogen) atoms. The number of hydrogen-bond acceptors (Lipinski definition) is 20. The molecule has 0 fully saturated rings. The average Bonchev–Trinajstić information content (AvgIpc) is 3.40. The van der Waals surface area contributed by atoms with Crippen LogP contribution in [0.4, 0.5) is 9.59 Å². The van der Waals surface area contributed by atoms with Crippen LogP contribution in [0.25, 0.3) is 0 Å². The normalized spacial score (nSPS) is 15.1. The number of carbonyl (C=O) groups excluding carboxylic acids is 10. The van der Waals surface area contributed by atoms with E-state index < -0.39 is 118 Å². The van der Waals surface area contributed by atoms with Crippen LogP contribution in [-0.2, 0) is 75.9 Å². The Labute approximate surface area is 520 Å². The molecule has 10 atom stereocenters. The van der Waals surface area contributed by atoms with Crippen molar-refractivity contribution in [2.75, 3.05) is 88.7 Å². The molecule has 0 rings (SSSR count). The summed E-state index contributed by atoms with van der Waals surface area (Å²) >= 11 is 0. The Morgan fingerprint density at radius 2 is 0.941 bits per heavy atom. The van der Waals surface area contributed by atoms with Crippen molar-refractivity contribution in [3.8, 4) is 0 Å². The zero-order valence-electron chi connectivity index (χ0n) is 53.6. The molecule has 0 aromatic carbocycles. The molecule has 0 heterocycles. The number of Topliss-reactive ketones (excluding diaryl/α,β-unsaturated/α-hetero) is 2. The van der Waals surface area contributed by atoms with Crippen molar-refractivity contribution in [1.82, 2.24) is 30.2 Å². The highest BCUT2D eigenvalue weighted by Gasteiger charge is 2.39. The zero-order valence-corrected chi connectivity index (χ0v) is 56.6. The molecule has 0 aliphatic rings. The minimum absolute atomic E-state index is 0. The summed E-state index contributed by atoms with van der Waals surface area (Å²) in [5.41, 5.74) is 0. The van der Waals surface area contributed by atoms with Crippen LogP contribution in [0.15, 0.2) is 24.3 Å². The third-order valence-electron chi connectivity index (χ3n) is 12.6. The first-order chi connectivity index (χ1) is 38.9. The lowest BCUT2D eigenvalue weighted by atomic mass is 9.91. The van der Waals surface area contributed by atoms with Crippen molar-refractivity contribution in [1.29, 1.82) is 0 Å². The number of amides is 4. The van der Waals surface area contributed by atoms with E-state index in [9.17, 15) is 52.5 Å². The van der Waals surface area contributed by atoms with Crippen LogP contribution in [0.5, 0.6) is 0 Å². The highest BCUT2D eigenvalue weighted by molar-refractivity contribution is 7.46.